The molecule has 1 saturated carbocycles. The number of ether oxygens (including phenoxy) is 1. The summed E-state index contributed by atoms with van der Waals surface area (Å²) >= 11 is 0. The van der Waals surface area contributed by atoms with E-state index in [9.17, 15) is 4.79 Å². The number of rotatable bonds is 3. The molecule has 2 rings (SSSR count). The zero-order chi connectivity index (χ0) is 10.1. The van der Waals surface area contributed by atoms with Gasteiger partial charge in [-0.2, -0.15) is 0 Å². The van der Waals surface area contributed by atoms with Crippen LogP contribution >= 0.6 is 0 Å². The van der Waals surface area contributed by atoms with Crippen LogP contribution in [0.5, 0.6) is 5.75 Å². The van der Waals surface area contributed by atoms with E-state index in [1.165, 1.54) is 20.0 Å². The fourth-order valence-electron chi connectivity index (χ4n) is 1.48. The van der Waals surface area contributed by atoms with Gasteiger partial charge in [-0.25, -0.2) is 0 Å². The Morgan fingerprint density at radius 2 is 2.36 bits per heavy atom. The molecule has 1 heterocycles. The molecule has 0 bridgehead atoms. The molecule has 4 heteroatoms. The average Bonchev–Trinajstić information content (AvgIpc) is 2.97. The summed E-state index contributed by atoms with van der Waals surface area (Å²) in [6.45, 7) is 0.785. The van der Waals surface area contributed by atoms with Gasteiger partial charge in [0, 0.05) is 12.7 Å². The summed E-state index contributed by atoms with van der Waals surface area (Å²) in [7, 11) is 1.51. The molecule has 1 aliphatic carbocycles. The minimum absolute atomic E-state index is 0.142. The molecule has 76 valence electrons. The monoisotopic (exact) mass is 194 g/mol. The molecule has 0 spiro atoms. The van der Waals surface area contributed by atoms with Gasteiger partial charge in [0.1, 0.15) is 11.4 Å². The predicted molar refractivity (Wildman–Crippen MR) is 54.4 cm³/mol. The summed E-state index contributed by atoms with van der Waals surface area (Å²) in [6.07, 6.45) is 4.19. The van der Waals surface area contributed by atoms with Gasteiger partial charge in [0.05, 0.1) is 7.11 Å². The number of nitrogens with two attached hydrogens (primary N) is 1. The molecule has 1 fully saturated rings. The van der Waals surface area contributed by atoms with Crippen LogP contribution in [0, 0.1) is 5.92 Å². The highest BCUT2D eigenvalue weighted by Crippen LogP contribution is 2.30. The van der Waals surface area contributed by atoms with E-state index >= 15 is 0 Å². The average molecular weight is 194 g/mol. The zero-order valence-electron chi connectivity index (χ0n) is 8.19. The van der Waals surface area contributed by atoms with Gasteiger partial charge in [0.25, 0.3) is 5.56 Å². The van der Waals surface area contributed by atoms with Gasteiger partial charge >= 0.3 is 0 Å². The Morgan fingerprint density at radius 3 is 2.93 bits per heavy atom. The molecule has 0 unspecified atom stereocenters. The summed E-state index contributed by atoms with van der Waals surface area (Å²) in [5.74, 6) is 1.13. The Bertz CT molecular complexity index is 394. The predicted octanol–water partition coefficient (Wildman–Crippen LogP) is 0.849. The maximum Gasteiger partial charge on any atom is 0.277 e. The second kappa shape index (κ2) is 3.36. The van der Waals surface area contributed by atoms with Crippen molar-refractivity contribution in [3.63, 3.8) is 0 Å². The van der Waals surface area contributed by atoms with Gasteiger partial charge in [-0.1, -0.05) is 0 Å². The van der Waals surface area contributed by atoms with Crippen molar-refractivity contribution < 1.29 is 4.74 Å². The van der Waals surface area contributed by atoms with Crippen molar-refractivity contribution in [3.05, 3.63) is 22.6 Å². The molecule has 0 aromatic carbocycles. The quantitative estimate of drug-likeness (QED) is 0.776. The second-order valence-electron chi connectivity index (χ2n) is 3.70. The van der Waals surface area contributed by atoms with Crippen molar-refractivity contribution in [3.8, 4) is 5.75 Å². The maximum atomic E-state index is 11.7. The van der Waals surface area contributed by atoms with Crippen LogP contribution in [0.2, 0.25) is 0 Å². The Hall–Kier alpha value is -1.45. The van der Waals surface area contributed by atoms with Gasteiger partial charge in [-0.05, 0) is 24.8 Å². The molecular weight excluding hydrogens is 180 g/mol. The minimum Gasteiger partial charge on any atom is -0.494 e. The van der Waals surface area contributed by atoms with E-state index in [0.717, 1.165) is 6.54 Å². The lowest BCUT2D eigenvalue weighted by molar-refractivity contribution is 0.414. The summed E-state index contributed by atoms with van der Waals surface area (Å²) in [5.41, 5.74) is 5.69. The molecule has 4 nitrogen and oxygen atoms in total. The normalized spacial score (nSPS) is 15.5. The standard InChI is InChI=1S/C10H14N2O2/c1-14-8-4-5-12(6-7-2-3-7)10(13)9(8)11/h4-5,7H,2-3,6,11H2,1H3. The van der Waals surface area contributed by atoms with Crippen LogP contribution in [0.3, 0.4) is 0 Å². The first-order valence-electron chi connectivity index (χ1n) is 4.75. The Labute approximate surface area is 82.3 Å². The van der Waals surface area contributed by atoms with Gasteiger partial charge in [0.2, 0.25) is 0 Å². The number of methoxy groups -OCH3 is 1. The van der Waals surface area contributed by atoms with Crippen LogP contribution < -0.4 is 16.0 Å². The van der Waals surface area contributed by atoms with Crippen molar-refractivity contribution in [2.75, 3.05) is 12.8 Å². The molecule has 1 aliphatic rings. The highest BCUT2D eigenvalue weighted by Gasteiger charge is 2.22. The first kappa shape index (κ1) is 9.12. The van der Waals surface area contributed by atoms with E-state index in [1.807, 2.05) is 0 Å². The lowest BCUT2D eigenvalue weighted by Gasteiger charge is -2.08. The van der Waals surface area contributed by atoms with Crippen molar-refractivity contribution >= 4 is 5.69 Å². The van der Waals surface area contributed by atoms with Crippen LogP contribution in [-0.2, 0) is 6.54 Å². The number of hydrogen-bond donors (Lipinski definition) is 1. The van der Waals surface area contributed by atoms with Crippen molar-refractivity contribution in [1.82, 2.24) is 4.57 Å². The first-order valence-corrected chi connectivity index (χ1v) is 4.75. The number of aromatic nitrogens is 1. The molecule has 0 saturated heterocycles. The summed E-state index contributed by atoms with van der Waals surface area (Å²) in [4.78, 5) is 11.7. The highest BCUT2D eigenvalue weighted by atomic mass is 16.5. The largest absolute Gasteiger partial charge is 0.494 e. The number of nitrogens with zero attached hydrogens (tertiary/aromatic N) is 1. The van der Waals surface area contributed by atoms with Crippen LogP contribution in [0.4, 0.5) is 5.69 Å². The molecule has 1 aromatic heterocycles. The molecule has 0 radical (unpaired) electrons. The maximum absolute atomic E-state index is 11.7. The number of anilines is 1. The summed E-state index contributed by atoms with van der Waals surface area (Å²) in [6, 6.07) is 1.74. The minimum atomic E-state index is -0.142. The van der Waals surface area contributed by atoms with E-state index in [2.05, 4.69) is 0 Å². The van der Waals surface area contributed by atoms with E-state index in [-0.39, 0.29) is 11.2 Å². The van der Waals surface area contributed by atoms with Gasteiger partial charge in [-0.15, -0.1) is 0 Å². The lowest BCUT2D eigenvalue weighted by Crippen LogP contribution is -2.23. The van der Waals surface area contributed by atoms with Gasteiger partial charge < -0.3 is 15.0 Å². The van der Waals surface area contributed by atoms with E-state index in [0.29, 0.717) is 11.7 Å². The fourth-order valence-corrected chi connectivity index (χ4v) is 1.48. The molecular formula is C10H14N2O2. The molecule has 1 aromatic rings. The third kappa shape index (κ3) is 1.60. The molecule has 2 N–H and O–H groups in total. The number of hydrogen-bond acceptors (Lipinski definition) is 3. The second-order valence-corrected chi connectivity index (χ2v) is 3.70. The van der Waals surface area contributed by atoms with Crippen LogP contribution in [0.25, 0.3) is 0 Å². The zero-order valence-corrected chi connectivity index (χ0v) is 8.19. The van der Waals surface area contributed by atoms with Crippen LogP contribution in [0.1, 0.15) is 12.8 Å². The Kier molecular flexibility index (Phi) is 2.19. The van der Waals surface area contributed by atoms with Crippen molar-refractivity contribution in [1.29, 1.82) is 0 Å². The topological polar surface area (TPSA) is 57.2 Å². The highest BCUT2D eigenvalue weighted by molar-refractivity contribution is 5.49. The van der Waals surface area contributed by atoms with Crippen LogP contribution in [0.15, 0.2) is 17.1 Å². The van der Waals surface area contributed by atoms with Gasteiger partial charge in [0.15, 0.2) is 0 Å². The Balaban J connectivity index is 2.32. The molecule has 0 atom stereocenters. The van der Waals surface area contributed by atoms with Crippen molar-refractivity contribution in [2.45, 2.75) is 19.4 Å². The van der Waals surface area contributed by atoms with Crippen LogP contribution in [-0.4, -0.2) is 11.7 Å². The molecule has 14 heavy (non-hydrogen) atoms. The van der Waals surface area contributed by atoms with E-state index < -0.39 is 0 Å². The third-order valence-electron chi connectivity index (χ3n) is 2.53. The lowest BCUT2D eigenvalue weighted by atomic mass is 10.3. The third-order valence-corrected chi connectivity index (χ3v) is 2.53. The fraction of sp³-hybridized carbons (Fsp3) is 0.500. The van der Waals surface area contributed by atoms with Gasteiger partial charge in [-0.3, -0.25) is 4.79 Å². The Morgan fingerprint density at radius 1 is 1.64 bits per heavy atom. The SMILES string of the molecule is COc1ccn(CC2CC2)c(=O)c1N. The number of nitrogen functional groups attached to an aromatic ring is 1. The first-order chi connectivity index (χ1) is 6.72. The summed E-state index contributed by atoms with van der Waals surface area (Å²) in [5, 5.41) is 0. The van der Waals surface area contributed by atoms with E-state index in [4.69, 9.17) is 10.5 Å². The molecule has 0 aliphatic heterocycles. The number of pyridine rings is 1. The summed E-state index contributed by atoms with van der Waals surface area (Å²) < 4.78 is 6.63. The van der Waals surface area contributed by atoms with Crippen molar-refractivity contribution in [2.24, 2.45) is 5.92 Å². The smallest absolute Gasteiger partial charge is 0.277 e. The van der Waals surface area contributed by atoms with E-state index in [1.54, 1.807) is 16.8 Å². The molecule has 0 amide bonds.